The third kappa shape index (κ3) is 2.90. The van der Waals surface area contributed by atoms with Crippen molar-refractivity contribution in [3.8, 4) is 0 Å². The number of nitrogens with zero attached hydrogens (tertiary/aromatic N) is 3. The van der Waals surface area contributed by atoms with E-state index in [4.69, 9.17) is 0 Å². The maximum atomic E-state index is 11.8. The molecule has 0 radical (unpaired) electrons. The van der Waals surface area contributed by atoms with Gasteiger partial charge in [0, 0.05) is 26.7 Å². The van der Waals surface area contributed by atoms with Crippen LogP contribution in [0.15, 0.2) is 12.3 Å². The molecular weight excluding hydrogens is 224 g/mol. The Hall–Kier alpha value is -2.18. The van der Waals surface area contributed by atoms with Gasteiger partial charge in [0.25, 0.3) is 11.6 Å². The van der Waals surface area contributed by atoms with Crippen LogP contribution in [-0.4, -0.2) is 41.4 Å². The number of rotatable bonds is 4. The molecule has 7 heteroatoms. The SMILES string of the molecule is CCNc1cc(C(=O)N(C)C)c([N+](=O)[O-])cn1. The summed E-state index contributed by atoms with van der Waals surface area (Å²) in [6, 6.07) is 1.39. The van der Waals surface area contributed by atoms with Gasteiger partial charge in [0.2, 0.25) is 0 Å². The maximum absolute atomic E-state index is 11.8. The first kappa shape index (κ1) is 12.9. The third-order valence-corrected chi connectivity index (χ3v) is 2.07. The molecule has 0 saturated carbocycles. The van der Waals surface area contributed by atoms with E-state index in [1.54, 1.807) is 14.1 Å². The van der Waals surface area contributed by atoms with Crippen molar-refractivity contribution in [2.24, 2.45) is 0 Å². The standard InChI is InChI=1S/C10H14N4O3/c1-4-11-9-5-7(10(15)13(2)3)8(6-12-9)14(16)17/h5-6H,4H2,1-3H3,(H,11,12). The van der Waals surface area contributed by atoms with Crippen LogP contribution < -0.4 is 5.32 Å². The molecule has 1 aromatic rings. The van der Waals surface area contributed by atoms with Gasteiger partial charge in [-0.2, -0.15) is 0 Å². The zero-order valence-electron chi connectivity index (χ0n) is 9.93. The first-order valence-electron chi connectivity index (χ1n) is 5.07. The first-order chi connectivity index (χ1) is 7.97. The number of amides is 1. The maximum Gasteiger partial charge on any atom is 0.300 e. The quantitative estimate of drug-likeness (QED) is 0.627. The van der Waals surface area contributed by atoms with Gasteiger partial charge in [-0.05, 0) is 6.92 Å². The molecule has 0 aliphatic rings. The molecule has 0 aromatic carbocycles. The molecule has 1 rings (SSSR count). The van der Waals surface area contributed by atoms with Crippen LogP contribution in [0.5, 0.6) is 0 Å². The zero-order valence-corrected chi connectivity index (χ0v) is 9.93. The summed E-state index contributed by atoms with van der Waals surface area (Å²) in [5.74, 6) is 0.0292. The van der Waals surface area contributed by atoms with E-state index in [9.17, 15) is 14.9 Å². The van der Waals surface area contributed by atoms with Crippen molar-refractivity contribution in [3.05, 3.63) is 27.9 Å². The van der Waals surface area contributed by atoms with Gasteiger partial charge in [-0.15, -0.1) is 0 Å². The molecule has 0 fully saturated rings. The summed E-state index contributed by atoms with van der Waals surface area (Å²) >= 11 is 0. The van der Waals surface area contributed by atoms with Crippen molar-refractivity contribution >= 4 is 17.4 Å². The highest BCUT2D eigenvalue weighted by Gasteiger charge is 2.22. The predicted molar refractivity (Wildman–Crippen MR) is 63.1 cm³/mol. The number of anilines is 1. The van der Waals surface area contributed by atoms with E-state index in [0.29, 0.717) is 12.4 Å². The largest absolute Gasteiger partial charge is 0.370 e. The minimum Gasteiger partial charge on any atom is -0.370 e. The van der Waals surface area contributed by atoms with Crippen LogP contribution in [0, 0.1) is 10.1 Å². The smallest absolute Gasteiger partial charge is 0.300 e. The lowest BCUT2D eigenvalue weighted by Crippen LogP contribution is -2.23. The molecule has 1 heterocycles. The van der Waals surface area contributed by atoms with Gasteiger partial charge in [0.1, 0.15) is 17.6 Å². The highest BCUT2D eigenvalue weighted by molar-refractivity contribution is 5.98. The van der Waals surface area contributed by atoms with Crippen molar-refractivity contribution < 1.29 is 9.72 Å². The number of carbonyl (C=O) groups excluding carboxylic acids is 1. The molecule has 17 heavy (non-hydrogen) atoms. The molecule has 0 saturated heterocycles. The fourth-order valence-corrected chi connectivity index (χ4v) is 1.28. The summed E-state index contributed by atoms with van der Waals surface area (Å²) in [5.41, 5.74) is -0.253. The summed E-state index contributed by atoms with van der Waals surface area (Å²) in [7, 11) is 3.08. The lowest BCUT2D eigenvalue weighted by molar-refractivity contribution is -0.385. The van der Waals surface area contributed by atoms with Gasteiger partial charge < -0.3 is 10.2 Å². The van der Waals surface area contributed by atoms with Crippen LogP contribution in [0.4, 0.5) is 11.5 Å². The Morgan fingerprint density at radius 1 is 1.59 bits per heavy atom. The molecule has 0 aliphatic carbocycles. The van der Waals surface area contributed by atoms with E-state index >= 15 is 0 Å². The van der Waals surface area contributed by atoms with Gasteiger partial charge in [0.05, 0.1) is 4.92 Å². The van der Waals surface area contributed by atoms with Gasteiger partial charge >= 0.3 is 0 Å². The second-order valence-electron chi connectivity index (χ2n) is 3.57. The molecule has 7 nitrogen and oxygen atoms in total. The Balaban J connectivity index is 3.25. The van der Waals surface area contributed by atoms with Crippen molar-refractivity contribution in [3.63, 3.8) is 0 Å². The summed E-state index contributed by atoms with van der Waals surface area (Å²) in [6.07, 6.45) is 1.09. The summed E-state index contributed by atoms with van der Waals surface area (Å²) < 4.78 is 0. The minimum atomic E-state index is -0.612. The van der Waals surface area contributed by atoms with Gasteiger partial charge in [-0.3, -0.25) is 14.9 Å². The summed E-state index contributed by atoms with van der Waals surface area (Å²) in [5, 5.41) is 13.7. The number of nitrogens with one attached hydrogen (secondary N) is 1. The lowest BCUT2D eigenvalue weighted by atomic mass is 10.2. The van der Waals surface area contributed by atoms with E-state index in [1.165, 1.54) is 11.0 Å². The highest BCUT2D eigenvalue weighted by atomic mass is 16.6. The Morgan fingerprint density at radius 2 is 2.24 bits per heavy atom. The molecule has 0 unspecified atom stereocenters. The van der Waals surface area contributed by atoms with Crippen LogP contribution in [0.25, 0.3) is 0 Å². The highest BCUT2D eigenvalue weighted by Crippen LogP contribution is 2.21. The Labute approximate surface area is 98.6 Å². The van der Waals surface area contributed by atoms with Crippen LogP contribution in [-0.2, 0) is 0 Å². The average Bonchev–Trinajstić information content (AvgIpc) is 2.28. The second kappa shape index (κ2) is 5.24. The molecule has 1 amide bonds. The van der Waals surface area contributed by atoms with Crippen LogP contribution in [0.1, 0.15) is 17.3 Å². The zero-order chi connectivity index (χ0) is 13.0. The second-order valence-corrected chi connectivity index (χ2v) is 3.57. The van der Waals surface area contributed by atoms with E-state index in [1.807, 2.05) is 6.92 Å². The average molecular weight is 238 g/mol. The van der Waals surface area contributed by atoms with E-state index in [-0.39, 0.29) is 11.3 Å². The Bertz CT molecular complexity index is 445. The predicted octanol–water partition coefficient (Wildman–Crippen LogP) is 1.12. The van der Waals surface area contributed by atoms with Gasteiger partial charge in [0.15, 0.2) is 0 Å². The normalized spacial score (nSPS) is 9.82. The molecular formula is C10H14N4O3. The number of pyridine rings is 1. The summed E-state index contributed by atoms with van der Waals surface area (Å²) in [4.78, 5) is 27.1. The molecule has 1 aromatic heterocycles. The molecule has 0 atom stereocenters. The van der Waals surface area contributed by atoms with Crippen LogP contribution in [0.3, 0.4) is 0 Å². The number of hydrogen-bond acceptors (Lipinski definition) is 5. The van der Waals surface area contributed by atoms with Crippen LogP contribution >= 0.6 is 0 Å². The first-order valence-corrected chi connectivity index (χ1v) is 5.07. The van der Waals surface area contributed by atoms with Crippen molar-refractivity contribution in [1.82, 2.24) is 9.88 Å². The number of carbonyl (C=O) groups is 1. The van der Waals surface area contributed by atoms with E-state index in [2.05, 4.69) is 10.3 Å². The summed E-state index contributed by atoms with van der Waals surface area (Å²) in [6.45, 7) is 2.50. The fourth-order valence-electron chi connectivity index (χ4n) is 1.28. The topological polar surface area (TPSA) is 88.4 Å². The molecule has 0 aliphatic heterocycles. The number of nitro groups is 1. The Kier molecular flexibility index (Phi) is 3.97. The van der Waals surface area contributed by atoms with Gasteiger partial charge in [-0.1, -0.05) is 0 Å². The number of aromatic nitrogens is 1. The molecule has 1 N–H and O–H groups in total. The van der Waals surface area contributed by atoms with Gasteiger partial charge in [-0.25, -0.2) is 4.98 Å². The van der Waals surface area contributed by atoms with Crippen molar-refractivity contribution in [2.75, 3.05) is 26.0 Å². The lowest BCUT2D eigenvalue weighted by Gasteiger charge is -2.11. The van der Waals surface area contributed by atoms with Crippen molar-refractivity contribution in [2.45, 2.75) is 6.92 Å². The molecule has 92 valence electrons. The molecule has 0 spiro atoms. The fraction of sp³-hybridized carbons (Fsp3) is 0.400. The monoisotopic (exact) mass is 238 g/mol. The Morgan fingerprint density at radius 3 is 2.71 bits per heavy atom. The van der Waals surface area contributed by atoms with E-state index in [0.717, 1.165) is 6.20 Å². The van der Waals surface area contributed by atoms with Crippen LogP contribution in [0.2, 0.25) is 0 Å². The van der Waals surface area contributed by atoms with E-state index < -0.39 is 10.8 Å². The molecule has 0 bridgehead atoms. The number of hydrogen-bond donors (Lipinski definition) is 1. The minimum absolute atomic E-state index is 0.0333. The van der Waals surface area contributed by atoms with Crippen molar-refractivity contribution in [1.29, 1.82) is 0 Å². The third-order valence-electron chi connectivity index (χ3n) is 2.07.